The first-order valence-electron chi connectivity index (χ1n) is 8.80. The van der Waals surface area contributed by atoms with E-state index in [0.29, 0.717) is 12.3 Å². The molecule has 24 heavy (non-hydrogen) atoms. The Morgan fingerprint density at radius 3 is 2.79 bits per heavy atom. The molecule has 0 aliphatic heterocycles. The number of carbonyl (C=O) groups is 1. The topological polar surface area (TPSA) is 46.5 Å². The smallest absolute Gasteiger partial charge is 0.410 e. The van der Waals surface area contributed by atoms with E-state index in [0.717, 1.165) is 36.8 Å². The minimum absolute atomic E-state index is 0.375. The summed E-state index contributed by atoms with van der Waals surface area (Å²) in [5, 5.41) is 3.80. The number of rotatable bonds is 9. The van der Waals surface area contributed by atoms with Gasteiger partial charge in [-0.1, -0.05) is 32.3 Å². The maximum absolute atomic E-state index is 12.0. The lowest BCUT2D eigenvalue weighted by Crippen LogP contribution is -2.27. The number of nitrogens with zero attached hydrogens (tertiary/aromatic N) is 2. The van der Waals surface area contributed by atoms with E-state index in [-0.39, 0.29) is 6.09 Å². The molecule has 0 aliphatic carbocycles. The van der Waals surface area contributed by atoms with E-state index in [4.69, 9.17) is 4.74 Å². The zero-order valence-electron chi connectivity index (χ0n) is 15.0. The van der Waals surface area contributed by atoms with Crippen molar-refractivity contribution in [2.24, 2.45) is 0 Å². The second-order valence-electron chi connectivity index (χ2n) is 6.38. The second kappa shape index (κ2) is 9.33. The van der Waals surface area contributed by atoms with Gasteiger partial charge >= 0.3 is 6.09 Å². The average Bonchev–Trinajstić information content (AvgIpc) is 2.97. The van der Waals surface area contributed by atoms with Crippen LogP contribution in [0.1, 0.15) is 32.6 Å². The van der Waals surface area contributed by atoms with Gasteiger partial charge < -0.3 is 19.5 Å². The molecule has 0 aliphatic rings. The van der Waals surface area contributed by atoms with Crippen molar-refractivity contribution < 1.29 is 9.53 Å². The van der Waals surface area contributed by atoms with Crippen molar-refractivity contribution in [2.45, 2.75) is 39.2 Å². The second-order valence-corrected chi connectivity index (χ2v) is 6.38. The number of ether oxygens (including phenoxy) is 1. The largest absolute Gasteiger partial charge is 0.412 e. The molecule has 0 bridgehead atoms. The van der Waals surface area contributed by atoms with Gasteiger partial charge in [0.2, 0.25) is 0 Å². The van der Waals surface area contributed by atoms with Crippen LogP contribution in [0.4, 0.5) is 4.79 Å². The Labute approximate surface area is 144 Å². The summed E-state index contributed by atoms with van der Waals surface area (Å²) in [5.74, 6) is 0.613. The number of aromatic nitrogens is 1. The van der Waals surface area contributed by atoms with E-state index in [1.54, 1.807) is 0 Å². The number of hydrogen-bond donors (Lipinski definition) is 1. The van der Waals surface area contributed by atoms with Gasteiger partial charge in [0.1, 0.15) is 5.75 Å². The number of benzene rings is 1. The Morgan fingerprint density at radius 2 is 2.04 bits per heavy atom. The van der Waals surface area contributed by atoms with Crippen LogP contribution in [-0.4, -0.2) is 42.7 Å². The number of hydrogen-bond acceptors (Lipinski definition) is 3. The highest BCUT2D eigenvalue weighted by Crippen LogP contribution is 2.26. The summed E-state index contributed by atoms with van der Waals surface area (Å²) in [5.41, 5.74) is 1.09. The molecule has 1 amide bonds. The number of nitrogens with one attached hydrogen (secondary N) is 1. The number of fused-ring (bicyclic) bond motifs is 1. The van der Waals surface area contributed by atoms with Gasteiger partial charge in [-0.15, -0.1) is 0 Å². The summed E-state index contributed by atoms with van der Waals surface area (Å²) in [4.78, 5) is 14.1. The Balaban J connectivity index is 1.95. The quantitative estimate of drug-likeness (QED) is 0.710. The Kier molecular flexibility index (Phi) is 7.12. The predicted octanol–water partition coefficient (Wildman–Crippen LogP) is 3.87. The van der Waals surface area contributed by atoms with Crippen molar-refractivity contribution >= 4 is 17.0 Å². The van der Waals surface area contributed by atoms with Crippen LogP contribution in [0.5, 0.6) is 5.75 Å². The Morgan fingerprint density at radius 1 is 1.21 bits per heavy atom. The van der Waals surface area contributed by atoms with Crippen molar-refractivity contribution in [3.63, 3.8) is 0 Å². The third-order valence-electron chi connectivity index (χ3n) is 4.06. The number of unbranched alkanes of at least 4 members (excludes halogenated alkanes) is 3. The molecule has 2 aromatic rings. The van der Waals surface area contributed by atoms with Gasteiger partial charge in [0.25, 0.3) is 0 Å². The normalized spacial score (nSPS) is 11.2. The van der Waals surface area contributed by atoms with E-state index in [1.165, 1.54) is 12.8 Å². The van der Waals surface area contributed by atoms with Crippen LogP contribution < -0.4 is 10.1 Å². The number of amides is 1. The molecule has 5 nitrogen and oxygen atoms in total. The highest BCUT2D eigenvalue weighted by Gasteiger charge is 2.10. The first-order valence-corrected chi connectivity index (χ1v) is 8.80. The molecule has 0 unspecified atom stereocenters. The molecule has 2 rings (SSSR count). The Bertz CT molecular complexity index is 649. The summed E-state index contributed by atoms with van der Waals surface area (Å²) in [7, 11) is 4.12. The zero-order chi connectivity index (χ0) is 17.4. The zero-order valence-corrected chi connectivity index (χ0v) is 15.0. The molecular weight excluding hydrogens is 302 g/mol. The summed E-state index contributed by atoms with van der Waals surface area (Å²) < 4.78 is 7.68. The van der Waals surface area contributed by atoms with Crippen molar-refractivity contribution in [1.82, 2.24) is 14.8 Å². The van der Waals surface area contributed by atoms with Crippen molar-refractivity contribution in [1.29, 1.82) is 0 Å². The lowest BCUT2D eigenvalue weighted by Gasteiger charge is -2.12. The van der Waals surface area contributed by atoms with Crippen molar-refractivity contribution in [2.75, 3.05) is 27.2 Å². The molecule has 0 atom stereocenters. The molecule has 0 saturated heterocycles. The molecular formula is C19H29N3O2. The monoisotopic (exact) mass is 331 g/mol. The van der Waals surface area contributed by atoms with E-state index >= 15 is 0 Å². The van der Waals surface area contributed by atoms with E-state index in [2.05, 4.69) is 41.9 Å². The summed E-state index contributed by atoms with van der Waals surface area (Å²) in [6.07, 6.45) is 6.20. The van der Waals surface area contributed by atoms with Gasteiger partial charge in [-0.2, -0.15) is 0 Å². The minimum Gasteiger partial charge on any atom is -0.410 e. The summed E-state index contributed by atoms with van der Waals surface area (Å²) >= 11 is 0. The first-order chi connectivity index (χ1) is 11.6. The van der Waals surface area contributed by atoms with E-state index < -0.39 is 0 Å². The lowest BCUT2D eigenvalue weighted by molar-refractivity contribution is 0.201. The Hall–Kier alpha value is -2.01. The summed E-state index contributed by atoms with van der Waals surface area (Å²) in [6, 6.07) is 7.84. The van der Waals surface area contributed by atoms with Crippen LogP contribution >= 0.6 is 0 Å². The minimum atomic E-state index is -0.375. The fourth-order valence-electron chi connectivity index (χ4n) is 2.67. The van der Waals surface area contributed by atoms with Gasteiger partial charge in [-0.05, 0) is 38.7 Å². The van der Waals surface area contributed by atoms with Gasteiger partial charge in [0.05, 0.1) is 5.52 Å². The first kappa shape index (κ1) is 18.3. The van der Waals surface area contributed by atoms with Gasteiger partial charge in [-0.25, -0.2) is 4.79 Å². The van der Waals surface area contributed by atoms with Crippen LogP contribution in [0.15, 0.2) is 30.5 Å². The highest BCUT2D eigenvalue weighted by molar-refractivity contribution is 5.88. The van der Waals surface area contributed by atoms with Gasteiger partial charge in [-0.3, -0.25) is 0 Å². The third kappa shape index (κ3) is 5.27. The van der Waals surface area contributed by atoms with Gasteiger partial charge in [0.15, 0.2) is 0 Å². The lowest BCUT2D eigenvalue weighted by atomic mass is 10.2. The standard InChI is InChI=1S/C19H29N3O2/c1-4-5-6-7-12-20-19(23)24-18-10-8-9-17-16(18)11-13-22(17)15-14-21(2)3/h8-11,13H,4-7,12,14-15H2,1-3H3,(H,20,23). The third-order valence-corrected chi connectivity index (χ3v) is 4.06. The number of likely N-dealkylation sites (N-methyl/N-ethyl adjacent to an activating group) is 1. The summed E-state index contributed by atoms with van der Waals surface area (Å²) in [6.45, 7) is 4.71. The van der Waals surface area contributed by atoms with Crippen LogP contribution in [-0.2, 0) is 6.54 Å². The van der Waals surface area contributed by atoms with Crippen LogP contribution in [0.2, 0.25) is 0 Å². The van der Waals surface area contributed by atoms with E-state index in [1.807, 2.05) is 24.4 Å². The van der Waals surface area contributed by atoms with Gasteiger partial charge in [0, 0.05) is 31.2 Å². The molecule has 1 aromatic carbocycles. The predicted molar refractivity (Wildman–Crippen MR) is 98.7 cm³/mol. The van der Waals surface area contributed by atoms with Crippen molar-refractivity contribution in [3.05, 3.63) is 30.5 Å². The highest BCUT2D eigenvalue weighted by atomic mass is 16.6. The molecule has 0 fully saturated rings. The van der Waals surface area contributed by atoms with Crippen molar-refractivity contribution in [3.8, 4) is 5.75 Å². The fourth-order valence-corrected chi connectivity index (χ4v) is 2.67. The maximum atomic E-state index is 12.0. The molecule has 0 saturated carbocycles. The molecule has 5 heteroatoms. The molecule has 1 aromatic heterocycles. The van der Waals surface area contributed by atoms with Crippen LogP contribution in [0.3, 0.4) is 0 Å². The van der Waals surface area contributed by atoms with E-state index in [9.17, 15) is 4.79 Å². The molecule has 132 valence electrons. The molecule has 0 spiro atoms. The molecule has 1 N–H and O–H groups in total. The SMILES string of the molecule is CCCCCCNC(=O)Oc1cccc2c1ccn2CCN(C)C. The van der Waals surface area contributed by atoms with Crippen LogP contribution in [0.25, 0.3) is 10.9 Å². The molecule has 0 radical (unpaired) electrons. The molecule has 1 heterocycles. The number of carbonyl (C=O) groups excluding carboxylic acids is 1. The van der Waals surface area contributed by atoms with Crippen LogP contribution in [0, 0.1) is 0 Å². The fraction of sp³-hybridized carbons (Fsp3) is 0.526. The average molecular weight is 331 g/mol. The maximum Gasteiger partial charge on any atom is 0.412 e.